The Balaban J connectivity index is 1.47. The normalized spacial score (nSPS) is 31.9. The average Bonchev–Trinajstić information content (AvgIpc) is 3.18. The van der Waals surface area contributed by atoms with Crippen molar-refractivity contribution in [3.63, 3.8) is 0 Å². The van der Waals surface area contributed by atoms with Crippen molar-refractivity contribution in [3.8, 4) is 0 Å². The molecular weight excluding hydrogens is 354 g/mol. The summed E-state index contributed by atoms with van der Waals surface area (Å²) in [5.41, 5.74) is 0. The molecular formula is C16H26F2N2O4S. The van der Waals surface area contributed by atoms with Gasteiger partial charge in [0.15, 0.2) is 0 Å². The largest absolute Gasteiger partial charge is 0.480 e. The third kappa shape index (κ3) is 5.10. The number of alkyl halides is 2. The molecule has 0 radical (unpaired) electrons. The maximum absolute atomic E-state index is 13.6. The van der Waals surface area contributed by atoms with Crippen LogP contribution in [0, 0.1) is 11.8 Å². The highest BCUT2D eigenvalue weighted by atomic mass is 32.2. The fraction of sp³-hybridized carbons (Fsp3) is 0.938. The molecule has 3 fully saturated rings. The first-order valence-corrected chi connectivity index (χ1v) is 10.6. The molecule has 1 unspecified atom stereocenters. The predicted molar refractivity (Wildman–Crippen MR) is 88.0 cm³/mol. The van der Waals surface area contributed by atoms with Crippen molar-refractivity contribution >= 4 is 16.0 Å². The summed E-state index contributed by atoms with van der Waals surface area (Å²) < 4.78 is 54.1. The van der Waals surface area contributed by atoms with Crippen LogP contribution in [0.2, 0.25) is 0 Å². The van der Waals surface area contributed by atoms with Gasteiger partial charge in [-0.15, -0.1) is 0 Å². The van der Waals surface area contributed by atoms with Crippen LogP contribution >= 0.6 is 0 Å². The fourth-order valence-corrected chi connectivity index (χ4v) is 5.64. The Hall–Kier alpha value is -0.800. The molecule has 0 aromatic rings. The maximum Gasteiger partial charge on any atom is 0.317 e. The van der Waals surface area contributed by atoms with Crippen LogP contribution in [0.25, 0.3) is 0 Å². The zero-order valence-corrected chi connectivity index (χ0v) is 15.0. The number of carboxylic acids is 1. The smallest absolute Gasteiger partial charge is 0.317 e. The number of nitrogens with one attached hydrogen (secondary N) is 1. The van der Waals surface area contributed by atoms with Gasteiger partial charge in [-0.2, -0.15) is 0 Å². The minimum Gasteiger partial charge on any atom is -0.480 e. The van der Waals surface area contributed by atoms with E-state index in [-0.39, 0.29) is 31.5 Å². The number of hydrogen-bond donors (Lipinski definition) is 2. The summed E-state index contributed by atoms with van der Waals surface area (Å²) in [6, 6.07) is -0.224. The fourth-order valence-electron chi connectivity index (χ4n) is 3.90. The standard InChI is InChI=1S/C16H26F2N2O4S/c17-16(18)5-1-2-12(16)10-25(23,24)19-13-6-14(7-13)20(9-15(21)22)8-11-3-4-11/h11-14,19H,1-10H2,(H,21,22). The number of aliphatic carboxylic acids is 1. The molecule has 3 saturated carbocycles. The van der Waals surface area contributed by atoms with E-state index in [9.17, 15) is 22.0 Å². The van der Waals surface area contributed by atoms with Crippen LogP contribution in [0.1, 0.15) is 44.9 Å². The Morgan fingerprint density at radius 3 is 2.44 bits per heavy atom. The topological polar surface area (TPSA) is 86.7 Å². The summed E-state index contributed by atoms with van der Waals surface area (Å²) in [7, 11) is -3.74. The van der Waals surface area contributed by atoms with Gasteiger partial charge in [-0.25, -0.2) is 21.9 Å². The van der Waals surface area contributed by atoms with Crippen LogP contribution in [0.5, 0.6) is 0 Å². The van der Waals surface area contributed by atoms with Crippen LogP contribution in [-0.2, 0) is 14.8 Å². The molecule has 3 rings (SSSR count). The molecule has 2 N–H and O–H groups in total. The molecule has 0 aromatic heterocycles. The molecule has 0 bridgehead atoms. The number of carboxylic acid groups (broad SMARTS) is 1. The second kappa shape index (κ2) is 7.08. The van der Waals surface area contributed by atoms with E-state index in [1.165, 1.54) is 0 Å². The van der Waals surface area contributed by atoms with Crippen molar-refractivity contribution in [1.82, 2.24) is 9.62 Å². The van der Waals surface area contributed by atoms with Crippen molar-refractivity contribution in [2.24, 2.45) is 11.8 Å². The second-order valence-electron chi connectivity index (χ2n) is 7.84. The molecule has 0 amide bonds. The summed E-state index contributed by atoms with van der Waals surface area (Å²) >= 11 is 0. The molecule has 0 heterocycles. The first-order chi connectivity index (χ1) is 11.6. The highest BCUT2D eigenvalue weighted by Crippen LogP contribution is 2.41. The zero-order chi connectivity index (χ0) is 18.2. The van der Waals surface area contributed by atoms with E-state index in [4.69, 9.17) is 5.11 Å². The third-order valence-corrected chi connectivity index (χ3v) is 7.12. The lowest BCUT2D eigenvalue weighted by Crippen LogP contribution is -2.55. The molecule has 9 heteroatoms. The maximum atomic E-state index is 13.6. The van der Waals surface area contributed by atoms with Crippen LogP contribution < -0.4 is 4.72 Å². The van der Waals surface area contributed by atoms with Crippen LogP contribution in [0.4, 0.5) is 8.78 Å². The Labute approximate surface area is 147 Å². The summed E-state index contributed by atoms with van der Waals surface area (Å²) in [6.45, 7) is 0.708. The van der Waals surface area contributed by atoms with Gasteiger partial charge in [-0.1, -0.05) is 0 Å². The number of carbonyl (C=O) groups is 1. The number of nitrogens with zero attached hydrogens (tertiary/aromatic N) is 1. The molecule has 0 aromatic carbocycles. The van der Waals surface area contributed by atoms with Crippen molar-refractivity contribution < 1.29 is 27.1 Å². The molecule has 0 spiro atoms. The van der Waals surface area contributed by atoms with Gasteiger partial charge in [0.1, 0.15) is 0 Å². The minimum atomic E-state index is -3.74. The number of rotatable bonds is 9. The van der Waals surface area contributed by atoms with Crippen molar-refractivity contribution in [2.45, 2.75) is 63.0 Å². The van der Waals surface area contributed by atoms with Gasteiger partial charge < -0.3 is 5.11 Å². The monoisotopic (exact) mass is 380 g/mol. The van der Waals surface area contributed by atoms with Crippen LogP contribution in [0.15, 0.2) is 0 Å². The van der Waals surface area contributed by atoms with Gasteiger partial charge in [0, 0.05) is 31.0 Å². The van der Waals surface area contributed by atoms with E-state index < -0.39 is 33.6 Å². The summed E-state index contributed by atoms with van der Waals surface area (Å²) in [6.07, 6.45) is 3.70. The second-order valence-corrected chi connectivity index (χ2v) is 9.64. The summed E-state index contributed by atoms with van der Waals surface area (Å²) in [5, 5.41) is 9.02. The van der Waals surface area contributed by atoms with Gasteiger partial charge in [0.05, 0.1) is 12.3 Å². The van der Waals surface area contributed by atoms with Gasteiger partial charge >= 0.3 is 5.97 Å². The Morgan fingerprint density at radius 1 is 1.24 bits per heavy atom. The molecule has 144 valence electrons. The van der Waals surface area contributed by atoms with Gasteiger partial charge in [0.2, 0.25) is 10.0 Å². The molecule has 0 aliphatic heterocycles. The first kappa shape index (κ1) is 19.0. The lowest BCUT2D eigenvalue weighted by atomic mass is 9.86. The van der Waals surface area contributed by atoms with E-state index in [1.807, 2.05) is 4.90 Å². The van der Waals surface area contributed by atoms with E-state index in [2.05, 4.69) is 4.72 Å². The lowest BCUT2D eigenvalue weighted by molar-refractivity contribution is -0.139. The van der Waals surface area contributed by atoms with E-state index in [1.54, 1.807) is 0 Å². The highest BCUT2D eigenvalue weighted by Gasteiger charge is 2.46. The van der Waals surface area contributed by atoms with E-state index in [0.717, 1.165) is 19.4 Å². The molecule has 3 aliphatic rings. The SMILES string of the molecule is O=C(O)CN(CC1CC1)C1CC(NS(=O)(=O)CC2CCCC2(F)F)C1. The number of halogens is 2. The average molecular weight is 380 g/mol. The first-order valence-electron chi connectivity index (χ1n) is 8.98. The Morgan fingerprint density at radius 2 is 1.92 bits per heavy atom. The van der Waals surface area contributed by atoms with Gasteiger partial charge in [-0.3, -0.25) is 9.69 Å². The highest BCUT2D eigenvalue weighted by molar-refractivity contribution is 7.89. The van der Waals surface area contributed by atoms with Crippen LogP contribution in [0.3, 0.4) is 0 Å². The lowest BCUT2D eigenvalue weighted by Gasteiger charge is -2.42. The summed E-state index contributed by atoms with van der Waals surface area (Å²) in [5.74, 6) is -4.84. The van der Waals surface area contributed by atoms with Gasteiger partial charge in [-0.05, 0) is 44.4 Å². The minimum absolute atomic E-state index is 0.0328. The van der Waals surface area contributed by atoms with Crippen molar-refractivity contribution in [3.05, 3.63) is 0 Å². The van der Waals surface area contributed by atoms with E-state index >= 15 is 0 Å². The Bertz CT molecular complexity index is 603. The van der Waals surface area contributed by atoms with Crippen LogP contribution in [-0.4, -0.2) is 61.2 Å². The molecule has 3 aliphatic carbocycles. The number of sulfonamides is 1. The predicted octanol–water partition coefficient (Wildman–Crippen LogP) is 1.67. The van der Waals surface area contributed by atoms with Crippen molar-refractivity contribution in [1.29, 1.82) is 0 Å². The van der Waals surface area contributed by atoms with E-state index in [0.29, 0.717) is 25.2 Å². The van der Waals surface area contributed by atoms with Gasteiger partial charge in [0.25, 0.3) is 5.92 Å². The summed E-state index contributed by atoms with van der Waals surface area (Å²) in [4.78, 5) is 12.9. The quantitative estimate of drug-likeness (QED) is 0.635. The molecule has 1 atom stereocenters. The molecule has 25 heavy (non-hydrogen) atoms. The Kier molecular flexibility index (Phi) is 5.37. The number of hydrogen-bond acceptors (Lipinski definition) is 4. The molecule has 0 saturated heterocycles. The van der Waals surface area contributed by atoms with Crippen molar-refractivity contribution in [2.75, 3.05) is 18.8 Å². The zero-order valence-electron chi connectivity index (χ0n) is 14.2. The third-order valence-electron chi connectivity index (χ3n) is 5.58. The molecule has 6 nitrogen and oxygen atoms in total.